The van der Waals surface area contributed by atoms with Crippen LogP contribution in [0.1, 0.15) is 24.8 Å². The van der Waals surface area contributed by atoms with Gasteiger partial charge in [-0.2, -0.15) is 4.98 Å². The van der Waals surface area contributed by atoms with Crippen molar-refractivity contribution in [1.82, 2.24) is 14.9 Å². The van der Waals surface area contributed by atoms with Gasteiger partial charge >= 0.3 is 5.97 Å². The number of nitrogens with zero attached hydrogens (tertiary/aromatic N) is 4. The van der Waals surface area contributed by atoms with E-state index in [1.165, 1.54) is 12.8 Å². The van der Waals surface area contributed by atoms with Crippen molar-refractivity contribution in [1.29, 1.82) is 0 Å². The third-order valence-electron chi connectivity index (χ3n) is 6.38. The Morgan fingerprint density at radius 1 is 1.22 bits per heavy atom. The monoisotopic (exact) mass is 442 g/mol. The number of halogens is 1. The van der Waals surface area contributed by atoms with Crippen molar-refractivity contribution >= 4 is 29.1 Å². The molecule has 32 heavy (non-hydrogen) atoms. The summed E-state index contributed by atoms with van der Waals surface area (Å²) in [7, 11) is 3.52. The second-order valence-electron chi connectivity index (χ2n) is 8.62. The highest BCUT2D eigenvalue weighted by atomic mass is 19.1. The predicted molar refractivity (Wildman–Crippen MR) is 123 cm³/mol. The summed E-state index contributed by atoms with van der Waals surface area (Å²) in [5.41, 5.74) is 3.22. The third kappa shape index (κ3) is 4.93. The average Bonchev–Trinajstić information content (AvgIpc) is 3.25. The first-order valence-corrected chi connectivity index (χ1v) is 11.1. The maximum absolute atomic E-state index is 14.4. The van der Waals surface area contributed by atoms with Crippen molar-refractivity contribution in [3.63, 3.8) is 0 Å². The Morgan fingerprint density at radius 3 is 2.72 bits per heavy atom. The van der Waals surface area contributed by atoms with Gasteiger partial charge in [0.1, 0.15) is 0 Å². The number of likely N-dealkylation sites (N-methyl/N-ethyl adjacent to an activating group) is 1. The highest BCUT2D eigenvalue weighted by Gasteiger charge is 2.34. The normalized spacial score (nSPS) is 21.4. The summed E-state index contributed by atoms with van der Waals surface area (Å²) >= 11 is 0. The number of hydrogen-bond acceptors (Lipinski definition) is 8. The van der Waals surface area contributed by atoms with E-state index in [0.717, 1.165) is 62.9 Å². The Morgan fingerprint density at radius 2 is 2.00 bits per heavy atom. The van der Waals surface area contributed by atoms with Crippen molar-refractivity contribution < 1.29 is 13.9 Å². The molecular formula is C23H31FN6O2. The van der Waals surface area contributed by atoms with Gasteiger partial charge in [0.25, 0.3) is 0 Å². The quantitative estimate of drug-likeness (QED) is 0.660. The maximum atomic E-state index is 14.4. The van der Waals surface area contributed by atoms with Crippen molar-refractivity contribution in [2.24, 2.45) is 5.92 Å². The zero-order valence-corrected chi connectivity index (χ0v) is 18.9. The highest BCUT2D eigenvalue weighted by molar-refractivity contribution is 5.74. The second-order valence-corrected chi connectivity index (χ2v) is 8.62. The number of esters is 1. The fourth-order valence-electron chi connectivity index (χ4n) is 4.53. The molecule has 1 aliphatic carbocycles. The van der Waals surface area contributed by atoms with E-state index in [4.69, 9.17) is 4.74 Å². The molecule has 0 amide bonds. The van der Waals surface area contributed by atoms with Gasteiger partial charge in [0, 0.05) is 43.6 Å². The van der Waals surface area contributed by atoms with Crippen LogP contribution in [-0.4, -0.2) is 67.2 Å². The van der Waals surface area contributed by atoms with Crippen LogP contribution in [0.15, 0.2) is 24.4 Å². The number of aryl methyl sites for hydroxylation is 1. The Kier molecular flexibility index (Phi) is 6.74. The van der Waals surface area contributed by atoms with Crippen LogP contribution in [0.3, 0.4) is 0 Å². The lowest BCUT2D eigenvalue weighted by atomic mass is 10.0. The molecule has 1 aliphatic heterocycles. The molecule has 8 nitrogen and oxygen atoms in total. The fraction of sp³-hybridized carbons (Fsp3) is 0.522. The molecule has 1 aromatic heterocycles. The van der Waals surface area contributed by atoms with Crippen molar-refractivity contribution in [2.75, 3.05) is 55.9 Å². The molecule has 0 radical (unpaired) electrons. The number of piperazine rings is 1. The number of rotatable bonds is 6. The lowest BCUT2D eigenvalue weighted by Crippen LogP contribution is -2.44. The lowest BCUT2D eigenvalue weighted by Gasteiger charge is -2.35. The maximum Gasteiger partial charge on any atom is 0.310 e. The number of carbonyl (C=O) groups excluding carboxylic acids is 1. The minimum atomic E-state index is -0.548. The van der Waals surface area contributed by atoms with Gasteiger partial charge in [0.15, 0.2) is 11.6 Å². The smallest absolute Gasteiger partial charge is 0.310 e. The number of carbonyl (C=O) groups is 1. The topological polar surface area (TPSA) is 82.6 Å². The summed E-state index contributed by atoms with van der Waals surface area (Å²) in [4.78, 5) is 25.1. The van der Waals surface area contributed by atoms with Crippen molar-refractivity contribution in [3.05, 3.63) is 35.8 Å². The summed E-state index contributed by atoms with van der Waals surface area (Å²) in [6, 6.07) is 5.94. The molecule has 2 heterocycles. The van der Waals surface area contributed by atoms with Gasteiger partial charge in [-0.1, -0.05) is 6.42 Å². The van der Waals surface area contributed by atoms with Crippen LogP contribution in [0.5, 0.6) is 0 Å². The minimum Gasteiger partial charge on any atom is -0.469 e. The van der Waals surface area contributed by atoms with E-state index in [9.17, 15) is 9.18 Å². The molecule has 172 valence electrons. The van der Waals surface area contributed by atoms with Crippen LogP contribution >= 0.6 is 0 Å². The number of anilines is 4. The summed E-state index contributed by atoms with van der Waals surface area (Å²) in [5.74, 6) is -0.728. The molecule has 0 bridgehead atoms. The molecule has 2 atom stereocenters. The zero-order chi connectivity index (χ0) is 22.7. The van der Waals surface area contributed by atoms with E-state index >= 15 is 0 Å². The van der Waals surface area contributed by atoms with Crippen LogP contribution in [0, 0.1) is 18.7 Å². The summed E-state index contributed by atoms with van der Waals surface area (Å²) in [6.07, 6.45) is 3.51. The van der Waals surface area contributed by atoms with E-state index in [0.29, 0.717) is 5.95 Å². The molecule has 1 saturated carbocycles. The van der Waals surface area contributed by atoms with Gasteiger partial charge in [0.2, 0.25) is 5.95 Å². The van der Waals surface area contributed by atoms with Crippen LogP contribution in [0.4, 0.5) is 27.5 Å². The fourth-order valence-corrected chi connectivity index (χ4v) is 4.53. The van der Waals surface area contributed by atoms with Gasteiger partial charge in [-0.25, -0.2) is 9.37 Å². The third-order valence-corrected chi connectivity index (χ3v) is 6.38. The highest BCUT2D eigenvalue weighted by Crippen LogP contribution is 2.30. The zero-order valence-electron chi connectivity index (χ0n) is 18.9. The van der Waals surface area contributed by atoms with Crippen molar-refractivity contribution in [3.8, 4) is 0 Å². The van der Waals surface area contributed by atoms with Gasteiger partial charge in [-0.3, -0.25) is 4.79 Å². The molecule has 0 spiro atoms. The number of aromatic nitrogens is 2. The molecule has 1 aromatic carbocycles. The molecule has 2 N–H and O–H groups in total. The SMILES string of the molecule is COC(=O)[C@H]1CCC[C@H]1Nc1nc(Nc2ccc(N3CCN(C)CC3)c(C)c2)ncc1F. The molecule has 2 fully saturated rings. The van der Waals surface area contributed by atoms with Crippen LogP contribution in [0.2, 0.25) is 0 Å². The number of hydrogen-bond donors (Lipinski definition) is 2. The molecule has 4 rings (SSSR count). The van der Waals surface area contributed by atoms with Gasteiger partial charge in [-0.15, -0.1) is 0 Å². The van der Waals surface area contributed by atoms with Crippen LogP contribution in [0.25, 0.3) is 0 Å². The van der Waals surface area contributed by atoms with Crippen LogP contribution < -0.4 is 15.5 Å². The van der Waals surface area contributed by atoms with Crippen molar-refractivity contribution in [2.45, 2.75) is 32.2 Å². The van der Waals surface area contributed by atoms with Gasteiger partial charge in [0.05, 0.1) is 19.2 Å². The Bertz CT molecular complexity index is 963. The first-order chi connectivity index (χ1) is 15.4. The molecule has 2 aliphatic rings. The first kappa shape index (κ1) is 22.3. The molecule has 1 saturated heterocycles. The largest absolute Gasteiger partial charge is 0.469 e. The van der Waals surface area contributed by atoms with E-state index in [1.807, 2.05) is 6.07 Å². The standard InChI is InChI=1S/C23H31FN6O2/c1-15-13-16(7-8-20(15)30-11-9-29(2)10-12-30)26-23-25-14-18(24)21(28-23)27-19-6-4-5-17(19)22(31)32-3/h7-8,13-14,17,19H,4-6,9-12H2,1-3H3,(H2,25,26,27,28)/t17-,19+/m0/s1. The van der Waals surface area contributed by atoms with E-state index in [1.54, 1.807) is 0 Å². The van der Waals surface area contributed by atoms with E-state index < -0.39 is 5.82 Å². The average molecular weight is 443 g/mol. The van der Waals surface area contributed by atoms with E-state index in [2.05, 4.69) is 56.5 Å². The number of ether oxygens (including phenoxy) is 1. The van der Waals surface area contributed by atoms with Gasteiger partial charge in [-0.05, 0) is 50.6 Å². The first-order valence-electron chi connectivity index (χ1n) is 11.1. The minimum absolute atomic E-state index is 0.0917. The summed E-state index contributed by atoms with van der Waals surface area (Å²) in [6.45, 7) is 6.21. The number of methoxy groups -OCH3 is 1. The Balaban J connectivity index is 1.46. The lowest BCUT2D eigenvalue weighted by molar-refractivity contribution is -0.145. The number of nitrogens with one attached hydrogen (secondary N) is 2. The number of benzene rings is 1. The molecule has 2 aromatic rings. The van der Waals surface area contributed by atoms with Gasteiger partial charge < -0.3 is 25.2 Å². The van der Waals surface area contributed by atoms with Crippen LogP contribution in [-0.2, 0) is 9.53 Å². The Labute approximate surface area is 188 Å². The predicted octanol–water partition coefficient (Wildman–Crippen LogP) is 3.17. The second kappa shape index (κ2) is 9.68. The van der Waals surface area contributed by atoms with E-state index in [-0.39, 0.29) is 23.7 Å². The molecule has 9 heteroatoms. The summed E-state index contributed by atoms with van der Waals surface area (Å²) in [5, 5.41) is 6.26. The Hall–Kier alpha value is -2.94. The molecular weight excluding hydrogens is 411 g/mol. The molecule has 0 unspecified atom stereocenters. The summed E-state index contributed by atoms with van der Waals surface area (Å²) < 4.78 is 19.3.